The summed E-state index contributed by atoms with van der Waals surface area (Å²) in [5.41, 5.74) is 0.781. The molecule has 0 N–H and O–H groups in total. The highest BCUT2D eigenvalue weighted by molar-refractivity contribution is 8.40. The second-order valence-corrected chi connectivity index (χ2v) is 8.94. The molecule has 0 radical (unpaired) electrons. The number of fused-ring (bicyclic) bond motifs is 1. The van der Waals surface area contributed by atoms with E-state index in [2.05, 4.69) is 10.1 Å². The molecule has 0 bridgehead atoms. The molecular formula is C20H13ClF3N3OS2. The number of amides is 1. The van der Waals surface area contributed by atoms with Gasteiger partial charge in [-0.3, -0.25) is 9.48 Å². The monoisotopic (exact) mass is 467 g/mol. The molecule has 0 atom stereocenters. The number of hydrogen-bond acceptors (Lipinski definition) is 4. The van der Waals surface area contributed by atoms with Crippen molar-refractivity contribution in [2.24, 2.45) is 4.99 Å². The Morgan fingerprint density at radius 1 is 1.23 bits per heavy atom. The molecule has 1 aliphatic heterocycles. The van der Waals surface area contributed by atoms with E-state index in [-0.39, 0.29) is 23.0 Å². The summed E-state index contributed by atoms with van der Waals surface area (Å²) in [6.07, 6.45) is 0.685. The van der Waals surface area contributed by atoms with E-state index in [0.717, 1.165) is 17.0 Å². The molecule has 4 rings (SSSR count). The SMILES string of the molecule is CSC1=NC(=O)C(=Cc2ccc3c(cnn3Cc3ccc(Cl)cc3C(F)(F)F)c2)S1. The van der Waals surface area contributed by atoms with Gasteiger partial charge in [-0.15, -0.1) is 11.8 Å². The molecule has 10 heteroatoms. The number of benzene rings is 2. The minimum Gasteiger partial charge on any atom is -0.266 e. The molecule has 4 nitrogen and oxygen atoms in total. The van der Waals surface area contributed by atoms with Gasteiger partial charge >= 0.3 is 6.18 Å². The van der Waals surface area contributed by atoms with Crippen LogP contribution in [0.4, 0.5) is 13.2 Å². The van der Waals surface area contributed by atoms with Crippen LogP contribution in [-0.2, 0) is 17.5 Å². The smallest absolute Gasteiger partial charge is 0.266 e. The van der Waals surface area contributed by atoms with E-state index in [1.807, 2.05) is 12.3 Å². The molecule has 0 unspecified atom stereocenters. The standard InChI is InChI=1S/C20H13ClF3N3OS2/c1-29-19-26-18(28)17(30-19)7-11-2-5-16-13(6-11)9-25-27(16)10-12-3-4-14(21)8-15(12)20(22,23)24/h2-9H,10H2,1H3. The van der Waals surface area contributed by atoms with E-state index >= 15 is 0 Å². The minimum atomic E-state index is -4.51. The van der Waals surface area contributed by atoms with E-state index < -0.39 is 11.7 Å². The average molecular weight is 468 g/mol. The number of aromatic nitrogens is 2. The minimum absolute atomic E-state index is 0.0296. The third-order valence-corrected chi connectivity index (χ3v) is 6.64. The lowest BCUT2D eigenvalue weighted by molar-refractivity contribution is -0.138. The van der Waals surface area contributed by atoms with E-state index in [0.29, 0.717) is 14.8 Å². The summed E-state index contributed by atoms with van der Waals surface area (Å²) in [6.45, 7) is -0.0464. The Hall–Kier alpha value is -2.23. The van der Waals surface area contributed by atoms with Gasteiger partial charge in [-0.05, 0) is 47.7 Å². The highest BCUT2D eigenvalue weighted by atomic mass is 35.5. The van der Waals surface area contributed by atoms with Crippen LogP contribution >= 0.6 is 35.1 Å². The fourth-order valence-corrected chi connectivity index (χ4v) is 4.66. The summed E-state index contributed by atoms with van der Waals surface area (Å²) in [5, 5.41) is 5.03. The van der Waals surface area contributed by atoms with E-state index in [9.17, 15) is 18.0 Å². The number of aliphatic imine (C=N–C) groups is 1. The van der Waals surface area contributed by atoms with Gasteiger partial charge in [0.25, 0.3) is 5.91 Å². The first-order valence-electron chi connectivity index (χ1n) is 8.62. The topological polar surface area (TPSA) is 47.2 Å². The third kappa shape index (κ3) is 4.28. The molecule has 3 aromatic rings. The fraction of sp³-hybridized carbons (Fsp3) is 0.150. The van der Waals surface area contributed by atoms with Crippen molar-refractivity contribution in [1.29, 1.82) is 0 Å². The zero-order chi connectivity index (χ0) is 21.5. The van der Waals surface area contributed by atoms with Crippen molar-refractivity contribution in [3.05, 3.63) is 69.2 Å². The van der Waals surface area contributed by atoms with E-state index in [4.69, 9.17) is 11.6 Å². The van der Waals surface area contributed by atoms with Crippen LogP contribution in [0.2, 0.25) is 5.02 Å². The number of rotatable bonds is 3. The largest absolute Gasteiger partial charge is 0.416 e. The average Bonchev–Trinajstić information content (AvgIpc) is 3.25. The highest BCUT2D eigenvalue weighted by Crippen LogP contribution is 2.35. The van der Waals surface area contributed by atoms with Gasteiger partial charge in [0.15, 0.2) is 0 Å². The quantitative estimate of drug-likeness (QED) is 0.437. The second kappa shape index (κ2) is 8.13. The van der Waals surface area contributed by atoms with Gasteiger partial charge < -0.3 is 0 Å². The Labute approximate surface area is 183 Å². The van der Waals surface area contributed by atoms with Gasteiger partial charge in [0.1, 0.15) is 4.38 Å². The molecule has 30 heavy (non-hydrogen) atoms. The Bertz CT molecular complexity index is 1220. The zero-order valence-corrected chi connectivity index (χ0v) is 17.8. The number of hydrogen-bond donors (Lipinski definition) is 0. The summed E-state index contributed by atoms with van der Waals surface area (Å²) in [6, 6.07) is 9.13. The molecule has 0 aliphatic carbocycles. The maximum atomic E-state index is 13.4. The van der Waals surface area contributed by atoms with Gasteiger partial charge in [-0.1, -0.05) is 35.5 Å². The van der Waals surface area contributed by atoms with Crippen LogP contribution in [-0.4, -0.2) is 26.3 Å². The van der Waals surface area contributed by atoms with Crippen LogP contribution in [0.3, 0.4) is 0 Å². The van der Waals surface area contributed by atoms with Crippen molar-refractivity contribution in [2.75, 3.05) is 6.26 Å². The lowest BCUT2D eigenvalue weighted by atomic mass is 10.1. The number of halogens is 4. The summed E-state index contributed by atoms with van der Waals surface area (Å²) >= 11 is 8.48. The summed E-state index contributed by atoms with van der Waals surface area (Å²) in [7, 11) is 0. The predicted molar refractivity (Wildman–Crippen MR) is 117 cm³/mol. The van der Waals surface area contributed by atoms with E-state index in [1.165, 1.54) is 40.3 Å². The predicted octanol–water partition coefficient (Wildman–Crippen LogP) is 6.09. The third-order valence-electron chi connectivity index (χ3n) is 4.44. The highest BCUT2D eigenvalue weighted by Gasteiger charge is 2.33. The van der Waals surface area contributed by atoms with Gasteiger partial charge in [0.05, 0.1) is 28.7 Å². The van der Waals surface area contributed by atoms with Crippen molar-refractivity contribution < 1.29 is 18.0 Å². The maximum absolute atomic E-state index is 13.4. The molecule has 2 heterocycles. The van der Waals surface area contributed by atoms with Crippen molar-refractivity contribution in [3.63, 3.8) is 0 Å². The summed E-state index contributed by atoms with van der Waals surface area (Å²) in [5.74, 6) is -0.275. The molecule has 1 amide bonds. The number of alkyl halides is 3. The van der Waals surface area contributed by atoms with Crippen LogP contribution in [0.15, 0.2) is 52.5 Å². The maximum Gasteiger partial charge on any atom is 0.416 e. The molecule has 0 spiro atoms. The van der Waals surface area contributed by atoms with Crippen LogP contribution in [0.25, 0.3) is 17.0 Å². The van der Waals surface area contributed by atoms with Gasteiger partial charge in [-0.2, -0.15) is 23.3 Å². The molecule has 0 saturated heterocycles. The summed E-state index contributed by atoms with van der Waals surface area (Å²) < 4.78 is 42.3. The molecule has 0 fully saturated rings. The number of carbonyl (C=O) groups is 1. The number of carbonyl (C=O) groups excluding carboxylic acids is 1. The van der Waals surface area contributed by atoms with Crippen LogP contribution in [0.1, 0.15) is 16.7 Å². The Morgan fingerprint density at radius 2 is 2.03 bits per heavy atom. The zero-order valence-electron chi connectivity index (χ0n) is 15.4. The first kappa shape index (κ1) is 21.0. The van der Waals surface area contributed by atoms with Crippen LogP contribution in [0.5, 0.6) is 0 Å². The Kier molecular flexibility index (Phi) is 5.69. The number of nitrogens with zero attached hydrogens (tertiary/aromatic N) is 3. The van der Waals surface area contributed by atoms with Gasteiger partial charge in [0.2, 0.25) is 0 Å². The molecule has 154 valence electrons. The number of thioether (sulfide) groups is 2. The normalized spacial score (nSPS) is 16.0. The van der Waals surface area contributed by atoms with Gasteiger partial charge in [-0.25, -0.2) is 0 Å². The lowest BCUT2D eigenvalue weighted by Gasteiger charge is -2.14. The Balaban J connectivity index is 1.64. The second-order valence-electron chi connectivity index (χ2n) is 6.42. The first-order valence-corrected chi connectivity index (χ1v) is 11.0. The fourth-order valence-electron chi connectivity index (χ4n) is 3.06. The van der Waals surface area contributed by atoms with Crippen molar-refractivity contribution in [1.82, 2.24) is 9.78 Å². The van der Waals surface area contributed by atoms with Gasteiger partial charge in [0, 0.05) is 10.4 Å². The molecule has 1 aliphatic rings. The molecular weight excluding hydrogens is 455 g/mol. The lowest BCUT2D eigenvalue weighted by Crippen LogP contribution is -2.12. The van der Waals surface area contributed by atoms with Crippen LogP contribution in [0, 0.1) is 0 Å². The first-order chi connectivity index (χ1) is 14.2. The summed E-state index contributed by atoms with van der Waals surface area (Å²) in [4.78, 5) is 16.4. The van der Waals surface area contributed by atoms with Crippen molar-refractivity contribution >= 4 is 62.4 Å². The van der Waals surface area contributed by atoms with Crippen molar-refractivity contribution in [3.8, 4) is 0 Å². The molecule has 1 aromatic heterocycles. The van der Waals surface area contributed by atoms with Crippen molar-refractivity contribution in [2.45, 2.75) is 12.7 Å². The molecule has 2 aromatic carbocycles. The van der Waals surface area contributed by atoms with E-state index in [1.54, 1.807) is 24.4 Å². The molecule has 0 saturated carbocycles. The van der Waals surface area contributed by atoms with Crippen LogP contribution < -0.4 is 0 Å². The Morgan fingerprint density at radius 3 is 2.73 bits per heavy atom.